The molecule has 4 nitrogen and oxygen atoms in total. The predicted octanol–water partition coefficient (Wildman–Crippen LogP) is 4.38. The van der Waals surface area contributed by atoms with Gasteiger partial charge in [0, 0.05) is 17.4 Å². The number of ketones is 1. The van der Waals surface area contributed by atoms with Gasteiger partial charge in [-0.15, -0.1) is 0 Å². The van der Waals surface area contributed by atoms with E-state index in [0.29, 0.717) is 28.0 Å². The van der Waals surface area contributed by atoms with E-state index >= 15 is 0 Å². The Labute approximate surface area is 143 Å². The van der Waals surface area contributed by atoms with Crippen LogP contribution in [0.2, 0.25) is 5.02 Å². The molecule has 5 heteroatoms. The van der Waals surface area contributed by atoms with Crippen molar-refractivity contribution in [1.29, 1.82) is 0 Å². The molecule has 0 fully saturated rings. The van der Waals surface area contributed by atoms with Crippen molar-refractivity contribution in [2.24, 2.45) is 0 Å². The maximum absolute atomic E-state index is 11.6. The van der Waals surface area contributed by atoms with Crippen LogP contribution < -0.4 is 0 Å². The van der Waals surface area contributed by atoms with E-state index in [1.165, 1.54) is 0 Å². The van der Waals surface area contributed by atoms with Gasteiger partial charge in [0.1, 0.15) is 5.78 Å². The van der Waals surface area contributed by atoms with Crippen LogP contribution in [0, 0.1) is 0 Å². The average molecular weight is 340 g/mol. The van der Waals surface area contributed by atoms with Crippen molar-refractivity contribution in [1.82, 2.24) is 4.98 Å². The second-order valence-electron chi connectivity index (χ2n) is 5.57. The van der Waals surface area contributed by atoms with E-state index in [-0.39, 0.29) is 11.3 Å². The molecule has 0 aliphatic rings. The number of hydrogen-bond acceptors (Lipinski definition) is 3. The lowest BCUT2D eigenvalue weighted by Gasteiger charge is -2.09. The molecular weight excluding hydrogens is 326 g/mol. The summed E-state index contributed by atoms with van der Waals surface area (Å²) in [7, 11) is 0. The number of halogens is 1. The Balaban J connectivity index is 2.14. The first-order valence-corrected chi connectivity index (χ1v) is 7.75. The van der Waals surface area contributed by atoms with Gasteiger partial charge in [-0.1, -0.05) is 48.0 Å². The van der Waals surface area contributed by atoms with Crippen LogP contribution in [0.25, 0.3) is 22.2 Å². The fourth-order valence-corrected chi connectivity index (χ4v) is 2.84. The number of para-hydroxylation sites is 1. The van der Waals surface area contributed by atoms with Gasteiger partial charge in [-0.3, -0.25) is 4.79 Å². The van der Waals surface area contributed by atoms with Gasteiger partial charge in [-0.25, -0.2) is 9.78 Å². The molecule has 0 spiro atoms. The molecule has 3 rings (SSSR count). The summed E-state index contributed by atoms with van der Waals surface area (Å²) < 4.78 is 0. The number of aromatic carboxylic acids is 1. The van der Waals surface area contributed by atoms with Gasteiger partial charge >= 0.3 is 5.97 Å². The van der Waals surface area contributed by atoms with Gasteiger partial charge in [0.05, 0.1) is 21.8 Å². The minimum Gasteiger partial charge on any atom is -0.478 e. The fraction of sp³-hybridized carbons (Fsp3) is 0.105. The van der Waals surface area contributed by atoms with Crippen molar-refractivity contribution in [3.8, 4) is 11.3 Å². The second-order valence-corrected chi connectivity index (χ2v) is 5.98. The highest BCUT2D eigenvalue weighted by molar-refractivity contribution is 6.35. The Hall–Kier alpha value is -2.72. The van der Waals surface area contributed by atoms with Gasteiger partial charge in [0.25, 0.3) is 0 Å². The van der Waals surface area contributed by atoms with Gasteiger partial charge in [0.2, 0.25) is 0 Å². The molecule has 0 aliphatic carbocycles. The highest BCUT2D eigenvalue weighted by Gasteiger charge is 2.14. The first kappa shape index (κ1) is 16.1. The van der Waals surface area contributed by atoms with Crippen molar-refractivity contribution in [2.45, 2.75) is 13.3 Å². The molecule has 2 aromatic carbocycles. The first-order chi connectivity index (χ1) is 11.5. The van der Waals surface area contributed by atoms with Crippen LogP contribution in [0.4, 0.5) is 0 Å². The number of carboxylic acid groups (broad SMARTS) is 1. The Kier molecular flexibility index (Phi) is 4.32. The Morgan fingerprint density at radius 2 is 1.83 bits per heavy atom. The summed E-state index contributed by atoms with van der Waals surface area (Å²) in [5.41, 5.74) is 2.82. The summed E-state index contributed by atoms with van der Waals surface area (Å²) in [6.07, 6.45) is 0.373. The predicted molar refractivity (Wildman–Crippen MR) is 93.5 cm³/mol. The molecule has 0 saturated heterocycles. The molecule has 0 amide bonds. The molecule has 1 aromatic heterocycles. The molecule has 3 aromatic rings. The Morgan fingerprint density at radius 3 is 2.46 bits per heavy atom. The third kappa shape index (κ3) is 3.14. The van der Waals surface area contributed by atoms with Gasteiger partial charge in [-0.2, -0.15) is 0 Å². The molecule has 1 heterocycles. The smallest absolute Gasteiger partial charge is 0.336 e. The third-order valence-electron chi connectivity index (χ3n) is 3.72. The molecular formula is C19H14ClNO3. The highest BCUT2D eigenvalue weighted by atomic mass is 35.5. The maximum atomic E-state index is 11.6. The van der Waals surface area contributed by atoms with Crippen LogP contribution in [-0.4, -0.2) is 21.8 Å². The molecule has 24 heavy (non-hydrogen) atoms. The molecule has 0 atom stereocenters. The standard InChI is InChI=1S/C19H14ClNO3/c1-11(22)9-12-5-7-13(8-6-12)17-10-15(19(23)24)14-3-2-4-16(20)18(14)21-17/h2-8,10H,9H2,1H3,(H,23,24). The van der Waals surface area contributed by atoms with Crippen LogP contribution in [0.5, 0.6) is 0 Å². The lowest BCUT2D eigenvalue weighted by molar-refractivity contribution is -0.116. The topological polar surface area (TPSA) is 67.3 Å². The van der Waals surface area contributed by atoms with E-state index < -0.39 is 5.97 Å². The van der Waals surface area contributed by atoms with E-state index in [0.717, 1.165) is 11.1 Å². The lowest BCUT2D eigenvalue weighted by atomic mass is 10.0. The molecule has 0 aliphatic heterocycles. The number of fused-ring (bicyclic) bond motifs is 1. The van der Waals surface area contributed by atoms with Crippen molar-refractivity contribution in [2.75, 3.05) is 0 Å². The zero-order valence-corrected chi connectivity index (χ0v) is 13.7. The van der Waals surface area contributed by atoms with Gasteiger partial charge in [-0.05, 0) is 24.6 Å². The number of carbonyl (C=O) groups is 2. The van der Waals surface area contributed by atoms with Crippen molar-refractivity contribution in [3.63, 3.8) is 0 Å². The molecule has 120 valence electrons. The van der Waals surface area contributed by atoms with Crippen molar-refractivity contribution in [3.05, 3.63) is 64.7 Å². The number of nitrogens with zero attached hydrogens (tertiary/aromatic N) is 1. The van der Waals surface area contributed by atoms with Gasteiger partial charge < -0.3 is 5.11 Å². The summed E-state index contributed by atoms with van der Waals surface area (Å²) >= 11 is 6.18. The van der Waals surface area contributed by atoms with E-state index in [9.17, 15) is 14.7 Å². The maximum Gasteiger partial charge on any atom is 0.336 e. The number of benzene rings is 2. The Bertz CT molecular complexity index is 949. The number of carbonyl (C=O) groups excluding carboxylic acids is 1. The Morgan fingerprint density at radius 1 is 1.12 bits per heavy atom. The average Bonchev–Trinajstić information content (AvgIpc) is 2.54. The number of rotatable bonds is 4. The van der Waals surface area contributed by atoms with Crippen molar-refractivity contribution < 1.29 is 14.7 Å². The monoisotopic (exact) mass is 339 g/mol. The molecule has 1 N–H and O–H groups in total. The SMILES string of the molecule is CC(=O)Cc1ccc(-c2cc(C(=O)O)c3cccc(Cl)c3n2)cc1. The zero-order chi connectivity index (χ0) is 17.3. The number of Topliss-reactive ketones (excluding diaryl/α,β-unsaturated/α-hetero) is 1. The normalized spacial score (nSPS) is 10.8. The van der Waals surface area contributed by atoms with Crippen LogP contribution in [0.1, 0.15) is 22.8 Å². The minimum absolute atomic E-state index is 0.0894. The molecule has 0 bridgehead atoms. The lowest BCUT2D eigenvalue weighted by Crippen LogP contribution is -2.01. The summed E-state index contributed by atoms with van der Waals surface area (Å²) in [6, 6.07) is 14.0. The second kappa shape index (κ2) is 6.42. The van der Waals surface area contributed by atoms with E-state index in [2.05, 4.69) is 4.98 Å². The zero-order valence-electron chi connectivity index (χ0n) is 12.9. The first-order valence-electron chi connectivity index (χ1n) is 7.37. The third-order valence-corrected chi connectivity index (χ3v) is 4.03. The molecule has 0 saturated carbocycles. The van der Waals surface area contributed by atoms with E-state index in [1.54, 1.807) is 31.2 Å². The number of pyridine rings is 1. The fourth-order valence-electron chi connectivity index (χ4n) is 2.62. The largest absolute Gasteiger partial charge is 0.478 e. The summed E-state index contributed by atoms with van der Waals surface area (Å²) in [5, 5.41) is 10.4. The summed E-state index contributed by atoms with van der Waals surface area (Å²) in [6.45, 7) is 1.54. The highest BCUT2D eigenvalue weighted by Crippen LogP contribution is 2.29. The van der Waals surface area contributed by atoms with E-state index in [4.69, 9.17) is 11.6 Å². The minimum atomic E-state index is -1.03. The molecule has 0 radical (unpaired) electrons. The number of hydrogen-bond donors (Lipinski definition) is 1. The van der Waals surface area contributed by atoms with Crippen LogP contribution in [0.3, 0.4) is 0 Å². The van der Waals surface area contributed by atoms with Crippen LogP contribution in [-0.2, 0) is 11.2 Å². The number of aromatic nitrogens is 1. The summed E-state index contributed by atoms with van der Waals surface area (Å²) in [4.78, 5) is 27.3. The summed E-state index contributed by atoms with van der Waals surface area (Å²) in [5.74, 6) is -0.939. The quantitative estimate of drug-likeness (QED) is 0.765. The van der Waals surface area contributed by atoms with Crippen LogP contribution in [0.15, 0.2) is 48.5 Å². The van der Waals surface area contributed by atoms with E-state index in [1.807, 2.05) is 24.3 Å². The van der Waals surface area contributed by atoms with Gasteiger partial charge in [0.15, 0.2) is 0 Å². The molecule has 0 unspecified atom stereocenters. The number of carboxylic acids is 1. The van der Waals surface area contributed by atoms with Crippen molar-refractivity contribution >= 4 is 34.3 Å². The van der Waals surface area contributed by atoms with Crippen LogP contribution >= 0.6 is 11.6 Å².